The molecule has 98 valence electrons. The third-order valence-corrected chi connectivity index (χ3v) is 12.5. The number of thiol groups is 1. The molecule has 2 nitrogen and oxygen atoms in total. The van der Waals surface area contributed by atoms with Gasteiger partial charge in [-0.1, -0.05) is 0 Å². The van der Waals surface area contributed by atoms with Crippen molar-refractivity contribution in [3.63, 3.8) is 0 Å². The van der Waals surface area contributed by atoms with E-state index in [9.17, 15) is 0 Å². The molecule has 0 aliphatic rings. The van der Waals surface area contributed by atoms with E-state index in [-0.39, 0.29) is 0 Å². The summed E-state index contributed by atoms with van der Waals surface area (Å²) in [5, 5.41) is 0. The van der Waals surface area contributed by atoms with Crippen LogP contribution in [0.4, 0.5) is 0 Å². The van der Waals surface area contributed by atoms with Crippen molar-refractivity contribution in [2.24, 2.45) is 0 Å². The van der Waals surface area contributed by atoms with Gasteiger partial charge in [0.25, 0.3) is 0 Å². The van der Waals surface area contributed by atoms with E-state index in [4.69, 9.17) is 8.23 Å². The van der Waals surface area contributed by atoms with Gasteiger partial charge in [0.2, 0.25) is 0 Å². The maximum Gasteiger partial charge on any atom is 0.311 e. The van der Waals surface area contributed by atoms with Crippen molar-refractivity contribution in [3.8, 4) is 0 Å². The molecule has 0 aromatic heterocycles. The average Bonchev–Trinajstić information content (AvgIpc) is 1.93. The van der Waals surface area contributed by atoms with E-state index in [1.165, 1.54) is 6.04 Å². The Morgan fingerprint density at radius 2 is 1.38 bits per heavy atom. The summed E-state index contributed by atoms with van der Waals surface area (Å²) in [7, 11) is -4.95. The van der Waals surface area contributed by atoms with Crippen LogP contribution in [-0.2, 0) is 8.23 Å². The van der Waals surface area contributed by atoms with Gasteiger partial charge < -0.3 is 8.23 Å². The second-order valence-corrected chi connectivity index (χ2v) is 19.4. The van der Waals surface area contributed by atoms with E-state index in [0.29, 0.717) is 0 Å². The monoisotopic (exact) mass is 296 g/mol. The Bertz CT molecular complexity index is 215. The summed E-state index contributed by atoms with van der Waals surface area (Å²) < 4.78 is 12.6. The van der Waals surface area contributed by atoms with Crippen LogP contribution in [0.3, 0.4) is 0 Å². The van der Waals surface area contributed by atoms with Crippen LogP contribution in [0.2, 0.25) is 51.9 Å². The highest BCUT2D eigenvalue weighted by Gasteiger charge is 2.37. The zero-order valence-corrected chi connectivity index (χ0v) is 15.8. The minimum atomic E-state index is -1.93. The largest absolute Gasteiger partial charge is 0.437 e. The summed E-state index contributed by atoms with van der Waals surface area (Å²) in [6.45, 7) is 15.6. The molecule has 0 heterocycles. The van der Waals surface area contributed by atoms with Gasteiger partial charge >= 0.3 is 8.56 Å². The molecule has 0 bridgehead atoms. The summed E-state index contributed by atoms with van der Waals surface area (Å²) in [4.78, 5) is 0. The minimum Gasteiger partial charge on any atom is -0.437 e. The number of rotatable bonds is 7. The van der Waals surface area contributed by atoms with Crippen LogP contribution in [0.5, 0.6) is 0 Å². The van der Waals surface area contributed by atoms with Crippen molar-refractivity contribution in [1.29, 1.82) is 0 Å². The highest BCUT2D eigenvalue weighted by molar-refractivity contribution is 7.80. The Morgan fingerprint density at radius 1 is 0.875 bits per heavy atom. The third-order valence-electron chi connectivity index (χ3n) is 2.01. The molecule has 16 heavy (non-hydrogen) atoms. The van der Waals surface area contributed by atoms with Crippen molar-refractivity contribution < 1.29 is 8.23 Å². The lowest BCUT2D eigenvalue weighted by Gasteiger charge is -2.37. The van der Waals surface area contributed by atoms with Crippen LogP contribution in [0.1, 0.15) is 6.42 Å². The fourth-order valence-corrected chi connectivity index (χ4v) is 15.6. The lowest BCUT2D eigenvalue weighted by Crippen LogP contribution is -2.51. The Labute approximate surface area is 110 Å². The molecule has 0 spiro atoms. The van der Waals surface area contributed by atoms with Crippen molar-refractivity contribution in [3.05, 3.63) is 0 Å². The lowest BCUT2D eigenvalue weighted by molar-refractivity contribution is 0.391. The van der Waals surface area contributed by atoms with Gasteiger partial charge in [-0.15, -0.1) is 0 Å². The second-order valence-electron chi connectivity index (χ2n) is 6.30. The van der Waals surface area contributed by atoms with E-state index in [0.717, 1.165) is 12.2 Å². The smallest absolute Gasteiger partial charge is 0.311 e. The summed E-state index contributed by atoms with van der Waals surface area (Å²) in [6, 6.07) is 1.18. The first-order valence-corrected chi connectivity index (χ1v) is 16.0. The molecular weight excluding hydrogens is 268 g/mol. The van der Waals surface area contributed by atoms with E-state index < -0.39 is 25.2 Å². The van der Waals surface area contributed by atoms with E-state index in [1.807, 2.05) is 0 Å². The van der Waals surface area contributed by atoms with Crippen LogP contribution < -0.4 is 0 Å². The fourth-order valence-electron chi connectivity index (χ4n) is 1.98. The van der Waals surface area contributed by atoms with Crippen LogP contribution in [0.25, 0.3) is 0 Å². The average molecular weight is 297 g/mol. The quantitative estimate of drug-likeness (QED) is 0.564. The molecule has 0 amide bonds. The third kappa shape index (κ3) is 9.00. The van der Waals surface area contributed by atoms with Crippen LogP contribution in [0.15, 0.2) is 0 Å². The predicted octanol–water partition coefficient (Wildman–Crippen LogP) is 4.08. The maximum atomic E-state index is 6.36. The molecule has 6 heteroatoms. The molecule has 0 N–H and O–H groups in total. The summed E-state index contributed by atoms with van der Waals surface area (Å²) >= 11 is 4.27. The standard InChI is InChI=1S/C10H28O2SSi3/c1-14(2,3)11-16(6,7)12-15(4,5)10-8-9-13/h13H,8-10H2,1-7H3. The Hall–Kier alpha value is 0.921. The first-order chi connectivity index (χ1) is 6.97. The van der Waals surface area contributed by atoms with E-state index in [1.54, 1.807) is 0 Å². The van der Waals surface area contributed by atoms with Crippen LogP contribution in [0, 0.1) is 0 Å². The molecule has 0 fully saturated rings. The number of hydrogen-bond acceptors (Lipinski definition) is 3. The molecule has 0 atom stereocenters. The second kappa shape index (κ2) is 6.19. The van der Waals surface area contributed by atoms with Gasteiger partial charge in [-0.2, -0.15) is 12.6 Å². The first-order valence-electron chi connectivity index (χ1n) is 5.99. The molecule has 0 radical (unpaired) electrons. The summed E-state index contributed by atoms with van der Waals surface area (Å²) in [5.74, 6) is 0.955. The highest BCUT2D eigenvalue weighted by Crippen LogP contribution is 2.23. The molecule has 0 saturated heterocycles. The van der Waals surface area contributed by atoms with E-state index >= 15 is 0 Å². The summed E-state index contributed by atoms with van der Waals surface area (Å²) in [6.07, 6.45) is 1.15. The lowest BCUT2D eigenvalue weighted by atomic mass is 10.6. The van der Waals surface area contributed by atoms with Crippen molar-refractivity contribution in [2.75, 3.05) is 5.75 Å². The van der Waals surface area contributed by atoms with Gasteiger partial charge in [0.1, 0.15) is 0 Å². The molecule has 0 aliphatic carbocycles. The molecule has 0 aliphatic heterocycles. The number of hydrogen-bond donors (Lipinski definition) is 1. The zero-order chi connectivity index (χ0) is 13.0. The van der Waals surface area contributed by atoms with Gasteiger partial charge in [0.15, 0.2) is 16.6 Å². The Kier molecular flexibility index (Phi) is 6.55. The molecular formula is C10H28O2SSi3. The van der Waals surface area contributed by atoms with Gasteiger partial charge in [0.05, 0.1) is 0 Å². The predicted molar refractivity (Wildman–Crippen MR) is 83.8 cm³/mol. The zero-order valence-electron chi connectivity index (χ0n) is 11.9. The Balaban J connectivity index is 4.33. The fraction of sp³-hybridized carbons (Fsp3) is 1.00. The topological polar surface area (TPSA) is 18.5 Å². The van der Waals surface area contributed by atoms with Crippen LogP contribution >= 0.6 is 12.6 Å². The summed E-state index contributed by atoms with van der Waals surface area (Å²) in [5.41, 5.74) is 0. The minimum absolute atomic E-state index is 0.955. The highest BCUT2D eigenvalue weighted by atomic mass is 32.1. The SMILES string of the molecule is C[Si](C)(C)O[Si](C)(C)O[Si](C)(C)CCCS. The molecule has 0 unspecified atom stereocenters. The molecule has 0 aromatic carbocycles. The normalized spacial score (nSPS) is 14.2. The Morgan fingerprint density at radius 3 is 1.75 bits per heavy atom. The van der Waals surface area contributed by atoms with Gasteiger partial charge in [-0.05, 0) is 64.0 Å². The van der Waals surface area contributed by atoms with Gasteiger partial charge in [-0.3, -0.25) is 0 Å². The van der Waals surface area contributed by atoms with Crippen molar-refractivity contribution in [1.82, 2.24) is 0 Å². The van der Waals surface area contributed by atoms with Crippen LogP contribution in [-0.4, -0.2) is 30.9 Å². The molecule has 0 aromatic rings. The van der Waals surface area contributed by atoms with E-state index in [2.05, 4.69) is 58.5 Å². The molecule has 0 rings (SSSR count). The maximum absolute atomic E-state index is 6.36. The molecule has 0 saturated carbocycles. The van der Waals surface area contributed by atoms with Crippen molar-refractivity contribution in [2.45, 2.75) is 58.3 Å². The van der Waals surface area contributed by atoms with Gasteiger partial charge in [-0.25, -0.2) is 0 Å². The first kappa shape index (κ1) is 16.9. The van der Waals surface area contributed by atoms with Crippen molar-refractivity contribution >= 4 is 37.8 Å². The van der Waals surface area contributed by atoms with Gasteiger partial charge in [0, 0.05) is 0 Å².